The molecule has 19 heavy (non-hydrogen) atoms. The monoisotopic (exact) mass is 259 g/mol. The summed E-state index contributed by atoms with van der Waals surface area (Å²) >= 11 is 0. The topological polar surface area (TPSA) is 12.0 Å². The second-order valence-electron chi connectivity index (χ2n) is 6.22. The van der Waals surface area contributed by atoms with Crippen molar-refractivity contribution in [1.29, 1.82) is 0 Å². The van der Waals surface area contributed by atoms with E-state index in [1.807, 2.05) is 0 Å². The first-order valence-corrected chi connectivity index (χ1v) is 8.07. The molecule has 0 bridgehead atoms. The highest BCUT2D eigenvalue weighted by molar-refractivity contribution is 5.14. The van der Waals surface area contributed by atoms with Crippen LogP contribution in [0.1, 0.15) is 51.5 Å². The van der Waals surface area contributed by atoms with Crippen molar-refractivity contribution < 1.29 is 0 Å². The van der Waals surface area contributed by atoms with Crippen LogP contribution in [0.3, 0.4) is 0 Å². The average molecular weight is 259 g/mol. The van der Waals surface area contributed by atoms with Crippen LogP contribution in [0.2, 0.25) is 0 Å². The molecule has 1 aromatic carbocycles. The Bertz CT molecular complexity index is 346. The van der Waals surface area contributed by atoms with Gasteiger partial charge in [-0.15, -0.1) is 0 Å². The number of rotatable bonds is 6. The fourth-order valence-corrected chi connectivity index (χ4v) is 3.58. The highest BCUT2D eigenvalue weighted by atomic mass is 14.9. The van der Waals surface area contributed by atoms with Crippen LogP contribution in [0, 0.1) is 11.8 Å². The molecule has 1 heteroatoms. The van der Waals surface area contributed by atoms with Crippen molar-refractivity contribution in [2.24, 2.45) is 11.8 Å². The Labute approximate surface area is 118 Å². The van der Waals surface area contributed by atoms with Crippen LogP contribution in [0.5, 0.6) is 0 Å². The van der Waals surface area contributed by atoms with Crippen LogP contribution >= 0.6 is 0 Å². The van der Waals surface area contributed by atoms with Crippen molar-refractivity contribution in [3.63, 3.8) is 0 Å². The third-order valence-corrected chi connectivity index (χ3v) is 4.60. The molecule has 0 heterocycles. The summed E-state index contributed by atoms with van der Waals surface area (Å²) < 4.78 is 0. The summed E-state index contributed by atoms with van der Waals surface area (Å²) in [6, 6.07) is 11.6. The zero-order chi connectivity index (χ0) is 13.5. The number of hydrogen-bond donors (Lipinski definition) is 1. The summed E-state index contributed by atoms with van der Waals surface area (Å²) in [6.07, 6.45) is 8.22. The van der Waals surface area contributed by atoms with Crippen molar-refractivity contribution in [3.05, 3.63) is 35.9 Å². The van der Waals surface area contributed by atoms with Gasteiger partial charge >= 0.3 is 0 Å². The maximum absolute atomic E-state index is 3.74. The van der Waals surface area contributed by atoms with Gasteiger partial charge in [-0.2, -0.15) is 0 Å². The molecule has 3 atom stereocenters. The van der Waals surface area contributed by atoms with Gasteiger partial charge in [0.2, 0.25) is 0 Å². The zero-order valence-corrected chi connectivity index (χ0v) is 12.6. The van der Waals surface area contributed by atoms with Crippen molar-refractivity contribution >= 4 is 0 Å². The molecule has 1 nitrogen and oxygen atoms in total. The third-order valence-electron chi connectivity index (χ3n) is 4.60. The molecule has 106 valence electrons. The Hall–Kier alpha value is -0.820. The number of benzene rings is 1. The second-order valence-corrected chi connectivity index (χ2v) is 6.22. The smallest absolute Gasteiger partial charge is 0.00984 e. The van der Waals surface area contributed by atoms with Crippen LogP contribution in [0.4, 0.5) is 0 Å². The Morgan fingerprint density at radius 2 is 2.00 bits per heavy atom. The SMILES string of the molecule is CCNC(CCc1ccccc1)C1CCCC(C)C1. The predicted octanol–water partition coefficient (Wildman–Crippen LogP) is 4.42. The maximum Gasteiger partial charge on any atom is 0.00984 e. The molecule has 0 aromatic heterocycles. The van der Waals surface area contributed by atoms with Crippen LogP contribution in [0.25, 0.3) is 0 Å². The molecule has 0 aliphatic heterocycles. The van der Waals surface area contributed by atoms with Gasteiger partial charge in [-0.3, -0.25) is 0 Å². The molecule has 1 aromatic rings. The lowest BCUT2D eigenvalue weighted by atomic mass is 9.77. The number of hydrogen-bond acceptors (Lipinski definition) is 1. The van der Waals surface area contributed by atoms with Gasteiger partial charge in [0.15, 0.2) is 0 Å². The van der Waals surface area contributed by atoms with Gasteiger partial charge < -0.3 is 5.32 Å². The molecule has 0 amide bonds. The summed E-state index contributed by atoms with van der Waals surface area (Å²) in [4.78, 5) is 0. The molecule has 0 saturated heterocycles. The van der Waals surface area contributed by atoms with Gasteiger partial charge in [-0.1, -0.05) is 57.0 Å². The summed E-state index contributed by atoms with van der Waals surface area (Å²) in [7, 11) is 0. The fraction of sp³-hybridized carbons (Fsp3) is 0.667. The first-order chi connectivity index (χ1) is 9.29. The van der Waals surface area contributed by atoms with E-state index >= 15 is 0 Å². The maximum atomic E-state index is 3.74. The molecule has 1 N–H and O–H groups in total. The summed E-state index contributed by atoms with van der Waals surface area (Å²) in [6.45, 7) is 5.76. The summed E-state index contributed by atoms with van der Waals surface area (Å²) in [5, 5.41) is 3.74. The largest absolute Gasteiger partial charge is 0.314 e. The van der Waals surface area contributed by atoms with E-state index in [4.69, 9.17) is 0 Å². The lowest BCUT2D eigenvalue weighted by molar-refractivity contribution is 0.216. The normalized spacial score (nSPS) is 25.2. The summed E-state index contributed by atoms with van der Waals surface area (Å²) in [5.74, 6) is 1.82. The molecular weight excluding hydrogens is 230 g/mol. The molecular formula is C18H29N. The van der Waals surface area contributed by atoms with Crippen LogP contribution in [-0.2, 0) is 6.42 Å². The minimum Gasteiger partial charge on any atom is -0.314 e. The quantitative estimate of drug-likeness (QED) is 0.797. The Balaban J connectivity index is 1.88. The first kappa shape index (κ1) is 14.6. The highest BCUT2D eigenvalue weighted by Crippen LogP contribution is 2.32. The lowest BCUT2D eigenvalue weighted by Gasteiger charge is -2.34. The molecule has 1 fully saturated rings. The molecule has 1 saturated carbocycles. The van der Waals surface area contributed by atoms with Crippen LogP contribution < -0.4 is 5.32 Å². The molecule has 3 unspecified atom stereocenters. The molecule has 1 aliphatic rings. The van der Waals surface area contributed by atoms with E-state index in [1.54, 1.807) is 0 Å². The van der Waals surface area contributed by atoms with E-state index in [0.717, 1.165) is 18.4 Å². The van der Waals surface area contributed by atoms with E-state index in [2.05, 4.69) is 49.5 Å². The van der Waals surface area contributed by atoms with Crippen LogP contribution in [0.15, 0.2) is 30.3 Å². The lowest BCUT2D eigenvalue weighted by Crippen LogP contribution is -2.38. The molecule has 0 radical (unpaired) electrons. The fourth-order valence-electron chi connectivity index (χ4n) is 3.58. The number of nitrogens with one attached hydrogen (secondary N) is 1. The van der Waals surface area contributed by atoms with E-state index < -0.39 is 0 Å². The van der Waals surface area contributed by atoms with E-state index in [0.29, 0.717) is 6.04 Å². The van der Waals surface area contributed by atoms with Crippen molar-refractivity contribution in [1.82, 2.24) is 5.32 Å². The van der Waals surface area contributed by atoms with Crippen molar-refractivity contribution in [2.75, 3.05) is 6.54 Å². The Morgan fingerprint density at radius 1 is 1.21 bits per heavy atom. The first-order valence-electron chi connectivity index (χ1n) is 8.07. The second kappa shape index (κ2) is 7.69. The minimum absolute atomic E-state index is 0.716. The molecule has 0 spiro atoms. The van der Waals surface area contributed by atoms with Gasteiger partial charge in [0.25, 0.3) is 0 Å². The van der Waals surface area contributed by atoms with Crippen LogP contribution in [-0.4, -0.2) is 12.6 Å². The molecule has 2 rings (SSSR count). The highest BCUT2D eigenvalue weighted by Gasteiger charge is 2.25. The van der Waals surface area contributed by atoms with E-state index in [9.17, 15) is 0 Å². The zero-order valence-electron chi connectivity index (χ0n) is 12.6. The van der Waals surface area contributed by atoms with Crippen molar-refractivity contribution in [3.8, 4) is 0 Å². The van der Waals surface area contributed by atoms with Gasteiger partial charge in [-0.25, -0.2) is 0 Å². The van der Waals surface area contributed by atoms with Crippen molar-refractivity contribution in [2.45, 2.75) is 58.4 Å². The average Bonchev–Trinajstić information content (AvgIpc) is 2.44. The third kappa shape index (κ3) is 4.65. The predicted molar refractivity (Wildman–Crippen MR) is 83.3 cm³/mol. The number of aryl methyl sites for hydroxylation is 1. The summed E-state index contributed by atoms with van der Waals surface area (Å²) in [5.41, 5.74) is 1.48. The molecule has 1 aliphatic carbocycles. The van der Waals surface area contributed by atoms with Gasteiger partial charge in [0, 0.05) is 6.04 Å². The Kier molecular flexibility index (Phi) is 5.91. The minimum atomic E-state index is 0.716. The van der Waals surface area contributed by atoms with Gasteiger partial charge in [0.05, 0.1) is 0 Å². The van der Waals surface area contributed by atoms with E-state index in [1.165, 1.54) is 44.1 Å². The van der Waals surface area contributed by atoms with Gasteiger partial charge in [-0.05, 0) is 49.6 Å². The Morgan fingerprint density at radius 3 is 2.68 bits per heavy atom. The standard InChI is InChI=1S/C18H29N/c1-3-19-18(17-11-7-8-15(2)14-17)13-12-16-9-5-4-6-10-16/h4-6,9-10,15,17-19H,3,7-8,11-14H2,1-2H3. The van der Waals surface area contributed by atoms with Gasteiger partial charge in [0.1, 0.15) is 0 Å². The van der Waals surface area contributed by atoms with E-state index in [-0.39, 0.29) is 0 Å².